The number of hydrogen-bond acceptors (Lipinski definition) is 5. The van der Waals surface area contributed by atoms with Gasteiger partial charge >= 0.3 is 0 Å². The van der Waals surface area contributed by atoms with Crippen molar-refractivity contribution in [1.82, 2.24) is 9.62 Å². The number of nitrogens with one attached hydrogen (secondary N) is 1. The highest BCUT2D eigenvalue weighted by Crippen LogP contribution is 2.31. The number of halogens is 2. The Labute approximate surface area is 201 Å². The third kappa shape index (κ3) is 5.40. The van der Waals surface area contributed by atoms with E-state index in [-0.39, 0.29) is 22.8 Å². The van der Waals surface area contributed by atoms with Gasteiger partial charge in [-0.2, -0.15) is 0 Å². The maximum absolute atomic E-state index is 13.3. The average Bonchev–Trinajstić information content (AvgIpc) is 3.29. The largest absolute Gasteiger partial charge is 0.369 e. The summed E-state index contributed by atoms with van der Waals surface area (Å²) in [5, 5.41) is 2.02. The second-order valence-electron chi connectivity index (χ2n) is 7.82. The third-order valence-electron chi connectivity index (χ3n) is 5.67. The Hall–Kier alpha value is -1.78. The fraction of sp³-hybridized carbons (Fsp3) is 0.304. The number of piperazine rings is 1. The molecule has 0 aliphatic carbocycles. The molecule has 9 heteroatoms. The van der Waals surface area contributed by atoms with Crippen molar-refractivity contribution < 1.29 is 12.8 Å². The van der Waals surface area contributed by atoms with Gasteiger partial charge in [-0.25, -0.2) is 17.5 Å². The number of nitrogens with zero attached hydrogens (tertiary/aromatic N) is 2. The Bertz CT molecular complexity index is 1120. The Kier molecular flexibility index (Phi) is 7.31. The van der Waals surface area contributed by atoms with Crippen LogP contribution in [0.2, 0.25) is 0 Å². The molecule has 3 aromatic rings. The molecule has 2 aromatic carbocycles. The van der Waals surface area contributed by atoms with Crippen LogP contribution in [0.25, 0.3) is 0 Å². The van der Waals surface area contributed by atoms with Crippen molar-refractivity contribution in [1.29, 1.82) is 0 Å². The number of thiophene rings is 1. The highest BCUT2D eigenvalue weighted by molar-refractivity contribution is 9.10. The van der Waals surface area contributed by atoms with E-state index in [9.17, 15) is 12.8 Å². The zero-order chi connectivity index (χ0) is 22.7. The van der Waals surface area contributed by atoms with Crippen LogP contribution in [-0.2, 0) is 10.0 Å². The van der Waals surface area contributed by atoms with Gasteiger partial charge in [-0.15, -0.1) is 11.3 Å². The summed E-state index contributed by atoms with van der Waals surface area (Å²) >= 11 is 4.98. The van der Waals surface area contributed by atoms with Gasteiger partial charge < -0.3 is 4.90 Å². The molecule has 1 aliphatic rings. The summed E-state index contributed by atoms with van der Waals surface area (Å²) in [5.41, 5.74) is 1.00. The van der Waals surface area contributed by atoms with Crippen LogP contribution >= 0.6 is 27.3 Å². The fourth-order valence-corrected chi connectivity index (χ4v) is 6.58. The van der Waals surface area contributed by atoms with Gasteiger partial charge in [0.25, 0.3) is 0 Å². The monoisotopic (exact) mass is 537 g/mol. The topological polar surface area (TPSA) is 52.7 Å². The zero-order valence-corrected chi connectivity index (χ0v) is 20.8. The SMILES string of the molecule is C[C@H](NS(=O)(=O)c1ccc(Br)cc1)[C@@H](c1cccs1)N1CCN(c2ccc(F)cc2)CC1. The van der Waals surface area contributed by atoms with E-state index < -0.39 is 10.0 Å². The van der Waals surface area contributed by atoms with Crippen LogP contribution in [0.1, 0.15) is 17.8 Å². The lowest BCUT2D eigenvalue weighted by Gasteiger charge is -2.42. The van der Waals surface area contributed by atoms with Gasteiger partial charge in [0.2, 0.25) is 10.0 Å². The van der Waals surface area contributed by atoms with E-state index in [0.29, 0.717) is 0 Å². The molecule has 0 spiro atoms. The first-order valence-corrected chi connectivity index (χ1v) is 13.5. The van der Waals surface area contributed by atoms with Gasteiger partial charge in [0, 0.05) is 47.3 Å². The smallest absolute Gasteiger partial charge is 0.240 e. The lowest BCUT2D eigenvalue weighted by Crippen LogP contribution is -2.52. The molecule has 2 atom stereocenters. The molecular weight excluding hydrogens is 513 g/mol. The molecule has 1 aromatic heterocycles. The molecular formula is C23H25BrFN3O2S2. The molecule has 32 heavy (non-hydrogen) atoms. The van der Waals surface area contributed by atoms with Gasteiger partial charge in [-0.3, -0.25) is 4.90 Å². The van der Waals surface area contributed by atoms with Crippen LogP contribution in [0, 0.1) is 5.82 Å². The molecule has 1 fully saturated rings. The molecule has 4 rings (SSSR count). The van der Waals surface area contributed by atoms with Crippen LogP contribution < -0.4 is 9.62 Å². The minimum atomic E-state index is -3.65. The summed E-state index contributed by atoms with van der Waals surface area (Å²) in [6.07, 6.45) is 0. The molecule has 170 valence electrons. The molecule has 0 unspecified atom stereocenters. The van der Waals surface area contributed by atoms with Gasteiger partial charge in [-0.05, 0) is 66.9 Å². The summed E-state index contributed by atoms with van der Waals surface area (Å²) in [4.78, 5) is 5.95. The second-order valence-corrected chi connectivity index (χ2v) is 11.4. The van der Waals surface area contributed by atoms with Gasteiger partial charge in [0.15, 0.2) is 0 Å². The number of anilines is 1. The quantitative estimate of drug-likeness (QED) is 0.466. The van der Waals surface area contributed by atoms with Gasteiger partial charge in [-0.1, -0.05) is 22.0 Å². The summed E-state index contributed by atoms with van der Waals surface area (Å²) < 4.78 is 43.0. The summed E-state index contributed by atoms with van der Waals surface area (Å²) in [5.74, 6) is -0.239. The van der Waals surface area contributed by atoms with Crippen LogP contribution in [0.5, 0.6) is 0 Å². The molecule has 0 amide bonds. The Balaban J connectivity index is 1.49. The maximum Gasteiger partial charge on any atom is 0.240 e. The molecule has 0 radical (unpaired) electrons. The molecule has 1 saturated heterocycles. The van der Waals surface area contributed by atoms with Crippen LogP contribution in [0.3, 0.4) is 0 Å². The van der Waals surface area contributed by atoms with Gasteiger partial charge in [0.1, 0.15) is 5.82 Å². The number of rotatable bonds is 7. The Morgan fingerprint density at radius 1 is 1.00 bits per heavy atom. The summed E-state index contributed by atoms with van der Waals surface area (Å²) in [6, 6.07) is 16.9. The highest BCUT2D eigenvalue weighted by Gasteiger charge is 2.32. The van der Waals surface area contributed by atoms with Crippen molar-refractivity contribution in [2.45, 2.75) is 23.9 Å². The molecule has 5 nitrogen and oxygen atoms in total. The van der Waals surface area contributed by atoms with Gasteiger partial charge in [0.05, 0.1) is 10.9 Å². The van der Waals surface area contributed by atoms with E-state index in [0.717, 1.165) is 41.2 Å². The normalized spacial score (nSPS) is 17.3. The molecule has 2 heterocycles. The minimum Gasteiger partial charge on any atom is -0.369 e. The number of hydrogen-bond donors (Lipinski definition) is 1. The molecule has 0 bridgehead atoms. The van der Waals surface area contributed by atoms with Crippen molar-refractivity contribution in [3.8, 4) is 0 Å². The van der Waals surface area contributed by atoms with Crippen molar-refractivity contribution in [3.05, 3.63) is 81.2 Å². The van der Waals surface area contributed by atoms with Crippen molar-refractivity contribution >= 4 is 43.0 Å². The zero-order valence-electron chi connectivity index (χ0n) is 17.6. The first-order valence-electron chi connectivity index (χ1n) is 10.4. The summed E-state index contributed by atoms with van der Waals surface area (Å²) in [7, 11) is -3.65. The lowest BCUT2D eigenvalue weighted by molar-refractivity contribution is 0.164. The lowest BCUT2D eigenvalue weighted by atomic mass is 10.1. The predicted octanol–water partition coefficient (Wildman–Crippen LogP) is 4.88. The van der Waals surface area contributed by atoms with E-state index in [2.05, 4.69) is 36.5 Å². The van der Waals surface area contributed by atoms with Crippen molar-refractivity contribution in [2.24, 2.45) is 0 Å². The van der Waals surface area contributed by atoms with Crippen molar-refractivity contribution in [3.63, 3.8) is 0 Å². The number of benzene rings is 2. The van der Waals surface area contributed by atoms with E-state index in [1.807, 2.05) is 18.4 Å². The Morgan fingerprint density at radius 3 is 2.25 bits per heavy atom. The van der Waals surface area contributed by atoms with E-state index >= 15 is 0 Å². The van der Waals surface area contributed by atoms with E-state index in [1.54, 1.807) is 47.7 Å². The predicted molar refractivity (Wildman–Crippen MR) is 131 cm³/mol. The minimum absolute atomic E-state index is 0.0735. The molecule has 1 N–H and O–H groups in total. The Morgan fingerprint density at radius 2 is 1.66 bits per heavy atom. The van der Waals surface area contributed by atoms with Crippen LogP contribution in [0.4, 0.5) is 10.1 Å². The second kappa shape index (κ2) is 10.0. The highest BCUT2D eigenvalue weighted by atomic mass is 79.9. The van der Waals surface area contributed by atoms with Crippen molar-refractivity contribution in [2.75, 3.05) is 31.1 Å². The molecule has 0 saturated carbocycles. The average molecular weight is 539 g/mol. The standard InChI is InChI=1S/C23H25BrFN3O2S2/c1-17(26-32(29,30)21-10-4-18(24)5-11-21)23(22-3-2-16-31-22)28-14-12-27(13-15-28)20-8-6-19(25)7-9-20/h2-11,16-17,23,26H,12-15H2,1H3/t17-,23-/m0/s1. The van der Waals surface area contributed by atoms with Crippen LogP contribution in [0.15, 0.2) is 75.4 Å². The third-order valence-corrected chi connectivity index (χ3v) is 8.72. The fourth-order valence-electron chi connectivity index (χ4n) is 4.10. The van der Waals surface area contributed by atoms with E-state index in [4.69, 9.17) is 0 Å². The first kappa shape index (κ1) is 23.4. The summed E-state index contributed by atoms with van der Waals surface area (Å²) in [6.45, 7) is 5.07. The first-order chi connectivity index (χ1) is 15.3. The maximum atomic E-state index is 13.3. The van der Waals surface area contributed by atoms with Crippen LogP contribution in [-0.4, -0.2) is 45.5 Å². The number of sulfonamides is 1. The molecule has 1 aliphatic heterocycles. The van der Waals surface area contributed by atoms with E-state index in [1.165, 1.54) is 12.1 Å².